The minimum absolute atomic E-state index is 0.0736. The normalized spacial score (nSPS) is 9.43. The highest BCUT2D eigenvalue weighted by Crippen LogP contribution is 1.85. The van der Waals surface area contributed by atoms with Gasteiger partial charge in [-0.3, -0.25) is 4.79 Å². The highest BCUT2D eigenvalue weighted by molar-refractivity contribution is 5.78. The van der Waals surface area contributed by atoms with Crippen LogP contribution < -0.4 is 10.6 Å². The molecule has 5 heteroatoms. The van der Waals surface area contributed by atoms with Crippen LogP contribution in [0.4, 0.5) is 0 Å². The summed E-state index contributed by atoms with van der Waals surface area (Å²) in [6.07, 6.45) is 1.97. The molecule has 0 aliphatic heterocycles. The lowest BCUT2D eigenvalue weighted by Crippen LogP contribution is -2.34. The van der Waals surface area contributed by atoms with Crippen LogP contribution in [0, 0.1) is 11.3 Å². The van der Waals surface area contributed by atoms with Crippen molar-refractivity contribution in [2.75, 3.05) is 33.4 Å². The Bertz CT molecular complexity index is 189. The number of hydrogen-bond donors (Lipinski definition) is 2. The van der Waals surface area contributed by atoms with Gasteiger partial charge in [-0.05, 0) is 19.4 Å². The van der Waals surface area contributed by atoms with Gasteiger partial charge in [0.25, 0.3) is 0 Å². The van der Waals surface area contributed by atoms with Crippen LogP contribution in [-0.4, -0.2) is 39.3 Å². The van der Waals surface area contributed by atoms with E-state index in [1.165, 1.54) is 0 Å². The van der Waals surface area contributed by atoms with Crippen molar-refractivity contribution in [3.8, 4) is 6.07 Å². The summed E-state index contributed by atoms with van der Waals surface area (Å²) < 4.78 is 4.88. The summed E-state index contributed by atoms with van der Waals surface area (Å²) in [5, 5.41) is 13.6. The van der Waals surface area contributed by atoms with Crippen LogP contribution >= 0.6 is 0 Å². The summed E-state index contributed by atoms with van der Waals surface area (Å²) in [4.78, 5) is 10.9. The van der Waals surface area contributed by atoms with Gasteiger partial charge < -0.3 is 15.4 Å². The summed E-state index contributed by atoms with van der Waals surface area (Å²) in [7, 11) is 1.67. The maximum atomic E-state index is 10.9. The average molecular weight is 199 g/mol. The number of methoxy groups -OCH3 is 1. The van der Waals surface area contributed by atoms with Crippen LogP contribution in [0.2, 0.25) is 0 Å². The number of nitriles is 1. The van der Waals surface area contributed by atoms with Gasteiger partial charge in [0.1, 0.15) is 6.54 Å². The van der Waals surface area contributed by atoms with Crippen LogP contribution in [0.3, 0.4) is 0 Å². The number of carbonyl (C=O) groups excluding carboxylic acids is 1. The smallest absolute Gasteiger partial charge is 0.234 e. The predicted octanol–water partition coefficient (Wildman–Crippen LogP) is -0.358. The third kappa shape index (κ3) is 8.97. The number of amides is 1. The monoisotopic (exact) mass is 199 g/mol. The van der Waals surface area contributed by atoms with E-state index in [1.807, 2.05) is 6.07 Å². The molecule has 0 rings (SSSR count). The zero-order chi connectivity index (χ0) is 10.6. The van der Waals surface area contributed by atoms with E-state index in [9.17, 15) is 4.79 Å². The minimum Gasteiger partial charge on any atom is -0.385 e. The lowest BCUT2D eigenvalue weighted by Gasteiger charge is -2.03. The van der Waals surface area contributed by atoms with Crippen molar-refractivity contribution in [3.63, 3.8) is 0 Å². The Kier molecular flexibility index (Phi) is 9.17. The van der Waals surface area contributed by atoms with Crippen LogP contribution in [0.25, 0.3) is 0 Å². The molecule has 5 nitrogen and oxygen atoms in total. The van der Waals surface area contributed by atoms with Gasteiger partial charge in [0, 0.05) is 13.7 Å². The van der Waals surface area contributed by atoms with Crippen molar-refractivity contribution in [2.24, 2.45) is 0 Å². The summed E-state index contributed by atoms with van der Waals surface area (Å²) in [6.45, 7) is 1.89. The number of unbranched alkanes of at least 4 members (excludes halogenated alkanes) is 1. The fourth-order valence-corrected chi connectivity index (χ4v) is 0.899. The van der Waals surface area contributed by atoms with E-state index in [1.54, 1.807) is 7.11 Å². The van der Waals surface area contributed by atoms with Gasteiger partial charge >= 0.3 is 0 Å². The average Bonchev–Trinajstić information content (AvgIpc) is 2.20. The predicted molar refractivity (Wildman–Crippen MR) is 52.6 cm³/mol. The molecule has 14 heavy (non-hydrogen) atoms. The highest BCUT2D eigenvalue weighted by atomic mass is 16.5. The topological polar surface area (TPSA) is 74.2 Å². The first-order valence-electron chi connectivity index (χ1n) is 4.64. The second kappa shape index (κ2) is 9.96. The van der Waals surface area contributed by atoms with Gasteiger partial charge in [0.05, 0.1) is 12.6 Å². The van der Waals surface area contributed by atoms with Crippen molar-refractivity contribution in [3.05, 3.63) is 0 Å². The Balaban J connectivity index is 3.11. The molecule has 0 aromatic heterocycles. The van der Waals surface area contributed by atoms with Crippen LogP contribution in [-0.2, 0) is 9.53 Å². The zero-order valence-electron chi connectivity index (χ0n) is 8.51. The molecule has 0 bridgehead atoms. The molecule has 2 N–H and O–H groups in total. The lowest BCUT2D eigenvalue weighted by molar-refractivity contribution is -0.120. The summed E-state index contributed by atoms with van der Waals surface area (Å²) in [5.74, 6) is -0.140. The molecule has 0 aromatic rings. The van der Waals surface area contributed by atoms with Gasteiger partial charge in [-0.1, -0.05) is 0 Å². The van der Waals surface area contributed by atoms with E-state index in [2.05, 4.69) is 10.6 Å². The third-order valence-electron chi connectivity index (χ3n) is 1.60. The van der Waals surface area contributed by atoms with E-state index in [0.717, 1.165) is 26.0 Å². The molecule has 0 aliphatic carbocycles. The maximum Gasteiger partial charge on any atom is 0.234 e. The van der Waals surface area contributed by atoms with Gasteiger partial charge in [0.15, 0.2) is 0 Å². The second-order valence-corrected chi connectivity index (χ2v) is 2.81. The van der Waals surface area contributed by atoms with Gasteiger partial charge in [-0.25, -0.2) is 0 Å². The first-order chi connectivity index (χ1) is 6.81. The highest BCUT2D eigenvalue weighted by Gasteiger charge is 1.97. The van der Waals surface area contributed by atoms with Crippen LogP contribution in [0.1, 0.15) is 12.8 Å². The van der Waals surface area contributed by atoms with Gasteiger partial charge in [-0.2, -0.15) is 5.26 Å². The molecule has 0 atom stereocenters. The van der Waals surface area contributed by atoms with Crippen molar-refractivity contribution in [2.45, 2.75) is 12.8 Å². The van der Waals surface area contributed by atoms with Gasteiger partial charge in [0.2, 0.25) is 5.91 Å². The van der Waals surface area contributed by atoms with Crippen LogP contribution in [0.5, 0.6) is 0 Å². The summed E-state index contributed by atoms with van der Waals surface area (Å²) in [5.41, 5.74) is 0. The summed E-state index contributed by atoms with van der Waals surface area (Å²) in [6, 6.07) is 1.84. The fourth-order valence-electron chi connectivity index (χ4n) is 0.899. The van der Waals surface area contributed by atoms with Crippen molar-refractivity contribution < 1.29 is 9.53 Å². The Morgan fingerprint density at radius 3 is 2.93 bits per heavy atom. The Morgan fingerprint density at radius 1 is 1.50 bits per heavy atom. The molecule has 0 saturated heterocycles. The zero-order valence-corrected chi connectivity index (χ0v) is 8.51. The van der Waals surface area contributed by atoms with Crippen molar-refractivity contribution >= 4 is 5.91 Å². The molecule has 0 saturated carbocycles. The fraction of sp³-hybridized carbons (Fsp3) is 0.778. The molecule has 0 spiro atoms. The molecule has 0 fully saturated rings. The standard InChI is InChI=1S/C9H17N3O2/c1-14-7-3-2-5-11-8-9(13)12-6-4-10/h11H,2-3,5-8H2,1H3,(H,12,13). The van der Waals surface area contributed by atoms with Crippen molar-refractivity contribution in [1.82, 2.24) is 10.6 Å². The second-order valence-electron chi connectivity index (χ2n) is 2.81. The number of nitrogens with one attached hydrogen (secondary N) is 2. The van der Waals surface area contributed by atoms with E-state index >= 15 is 0 Å². The first kappa shape index (κ1) is 12.9. The molecular formula is C9H17N3O2. The first-order valence-corrected chi connectivity index (χ1v) is 4.64. The maximum absolute atomic E-state index is 10.9. The number of rotatable bonds is 8. The molecule has 80 valence electrons. The Hall–Kier alpha value is -1.12. The van der Waals surface area contributed by atoms with Crippen LogP contribution in [0.15, 0.2) is 0 Å². The molecular weight excluding hydrogens is 182 g/mol. The molecule has 0 radical (unpaired) electrons. The molecule has 0 heterocycles. The minimum atomic E-state index is -0.140. The molecule has 1 amide bonds. The number of carbonyl (C=O) groups is 1. The number of hydrogen-bond acceptors (Lipinski definition) is 4. The molecule has 0 aromatic carbocycles. The third-order valence-corrected chi connectivity index (χ3v) is 1.60. The molecule has 0 aliphatic rings. The largest absolute Gasteiger partial charge is 0.385 e. The van der Waals surface area contributed by atoms with Crippen molar-refractivity contribution in [1.29, 1.82) is 5.26 Å². The van der Waals surface area contributed by atoms with E-state index in [0.29, 0.717) is 0 Å². The van der Waals surface area contributed by atoms with E-state index in [-0.39, 0.29) is 19.0 Å². The number of nitrogens with zero attached hydrogens (tertiary/aromatic N) is 1. The Labute approximate surface area is 84.4 Å². The van der Waals surface area contributed by atoms with E-state index in [4.69, 9.17) is 10.00 Å². The molecule has 0 unspecified atom stereocenters. The Morgan fingerprint density at radius 2 is 2.29 bits per heavy atom. The van der Waals surface area contributed by atoms with Gasteiger partial charge in [-0.15, -0.1) is 0 Å². The lowest BCUT2D eigenvalue weighted by atomic mass is 10.3. The number of ether oxygens (including phenoxy) is 1. The van der Waals surface area contributed by atoms with E-state index < -0.39 is 0 Å². The SMILES string of the molecule is COCCCCNCC(=O)NCC#N. The quantitative estimate of drug-likeness (QED) is 0.413. The summed E-state index contributed by atoms with van der Waals surface area (Å²) >= 11 is 0.